The van der Waals surface area contributed by atoms with Crippen LogP contribution in [0, 0.1) is 5.82 Å². The predicted octanol–water partition coefficient (Wildman–Crippen LogP) is 0.829. The number of fused-ring (bicyclic) bond motifs is 1. The highest BCUT2D eigenvalue weighted by Crippen LogP contribution is 2.06. The van der Waals surface area contributed by atoms with Crippen molar-refractivity contribution in [3.63, 3.8) is 0 Å². The van der Waals surface area contributed by atoms with Gasteiger partial charge in [0.2, 0.25) is 6.33 Å². The molecule has 0 aliphatic heterocycles. The van der Waals surface area contributed by atoms with Crippen LogP contribution >= 0.6 is 0 Å². The molecule has 9 heteroatoms. The van der Waals surface area contributed by atoms with Gasteiger partial charge in [0.25, 0.3) is 0 Å². The Bertz CT molecular complexity index is 1010. The number of carboxylic acids is 2. The van der Waals surface area contributed by atoms with E-state index in [4.69, 9.17) is 9.84 Å². The molecule has 0 radical (unpaired) electrons. The summed E-state index contributed by atoms with van der Waals surface area (Å²) in [5, 5.41) is 17.2. The molecule has 2 aromatic carbocycles. The molecule has 0 fully saturated rings. The number of aromatic amines is 1. The van der Waals surface area contributed by atoms with Crippen molar-refractivity contribution >= 4 is 28.9 Å². The second kappa shape index (κ2) is 10.4. The minimum absolute atomic E-state index is 0.253. The summed E-state index contributed by atoms with van der Waals surface area (Å²) in [7, 11) is 0. The first-order valence-electron chi connectivity index (χ1n) is 8.37. The number of H-pyrrole nitrogens is 1. The Labute approximate surface area is 164 Å². The number of carbonyl (C=O) groups excluding carboxylic acids is 2. The molecule has 1 aromatic heterocycles. The first-order chi connectivity index (χ1) is 13.9. The second-order valence-corrected chi connectivity index (χ2v) is 5.62. The van der Waals surface area contributed by atoms with Crippen molar-refractivity contribution in [2.45, 2.75) is 6.54 Å². The minimum atomic E-state index is -1.51. The quantitative estimate of drug-likeness (QED) is 0.359. The van der Waals surface area contributed by atoms with Crippen molar-refractivity contribution in [1.29, 1.82) is 0 Å². The summed E-state index contributed by atoms with van der Waals surface area (Å²) in [4.78, 5) is 33.9. The van der Waals surface area contributed by atoms with Crippen LogP contribution in [0.2, 0.25) is 0 Å². The topological polar surface area (TPSA) is 123 Å². The summed E-state index contributed by atoms with van der Waals surface area (Å²) < 4.78 is 20.0. The number of rotatable bonds is 6. The number of esters is 1. The summed E-state index contributed by atoms with van der Waals surface area (Å²) in [5.41, 5.74) is 2.43. The number of aliphatic carboxylic acids is 2. The number of nitrogens with zero attached hydrogens (tertiary/aromatic N) is 1. The maximum absolute atomic E-state index is 12.8. The van der Waals surface area contributed by atoms with Crippen molar-refractivity contribution < 1.29 is 38.3 Å². The number of carboxylic acid groups (broad SMARTS) is 2. The van der Waals surface area contributed by atoms with E-state index >= 15 is 0 Å². The zero-order chi connectivity index (χ0) is 21.2. The number of carbonyl (C=O) groups is 3. The lowest BCUT2D eigenvalue weighted by atomic mass is 10.2. The smallest absolute Gasteiger partial charge is 0.338 e. The van der Waals surface area contributed by atoms with Gasteiger partial charge < -0.3 is 19.7 Å². The molecule has 0 aliphatic rings. The van der Waals surface area contributed by atoms with E-state index in [0.717, 1.165) is 11.0 Å². The molecule has 0 unspecified atom stereocenters. The number of benzene rings is 2. The van der Waals surface area contributed by atoms with Crippen molar-refractivity contribution in [2.24, 2.45) is 0 Å². The molecule has 0 aliphatic carbocycles. The number of ether oxygens (including phenoxy) is 1. The molecule has 8 nitrogen and oxygen atoms in total. The first-order valence-corrected chi connectivity index (χ1v) is 8.37. The molecular formula is C20H17FN2O6. The van der Waals surface area contributed by atoms with Crippen molar-refractivity contribution in [3.8, 4) is 0 Å². The molecule has 0 amide bonds. The lowest BCUT2D eigenvalue weighted by molar-refractivity contribution is -0.672. The summed E-state index contributed by atoms with van der Waals surface area (Å²) in [6.07, 6.45) is 2.79. The van der Waals surface area contributed by atoms with Gasteiger partial charge in [-0.2, -0.15) is 0 Å². The Balaban J connectivity index is 0.000000321. The number of hydrogen-bond donors (Lipinski definition) is 2. The van der Waals surface area contributed by atoms with E-state index in [9.17, 15) is 23.9 Å². The van der Waals surface area contributed by atoms with Crippen molar-refractivity contribution in [1.82, 2.24) is 4.98 Å². The largest absolute Gasteiger partial charge is 0.545 e. The van der Waals surface area contributed by atoms with E-state index in [1.54, 1.807) is 0 Å². The molecule has 0 bridgehead atoms. The van der Waals surface area contributed by atoms with Crippen LogP contribution in [0.3, 0.4) is 0 Å². The van der Waals surface area contributed by atoms with Crippen LogP contribution in [-0.2, 0) is 20.9 Å². The van der Waals surface area contributed by atoms with Gasteiger partial charge in [0.15, 0.2) is 11.0 Å². The molecule has 0 spiro atoms. The van der Waals surface area contributed by atoms with Crippen molar-refractivity contribution in [2.75, 3.05) is 6.61 Å². The van der Waals surface area contributed by atoms with Gasteiger partial charge in [0, 0.05) is 6.08 Å². The van der Waals surface area contributed by atoms with E-state index in [1.807, 2.05) is 35.2 Å². The van der Waals surface area contributed by atoms with Crippen LogP contribution in [0.25, 0.3) is 11.0 Å². The molecule has 150 valence electrons. The minimum Gasteiger partial charge on any atom is -0.545 e. The van der Waals surface area contributed by atoms with Crippen LogP contribution < -0.4 is 9.67 Å². The van der Waals surface area contributed by atoms with Crippen molar-refractivity contribution in [3.05, 3.63) is 78.4 Å². The van der Waals surface area contributed by atoms with Crippen LogP contribution in [0.4, 0.5) is 4.39 Å². The zero-order valence-corrected chi connectivity index (χ0v) is 15.1. The van der Waals surface area contributed by atoms with E-state index in [0.29, 0.717) is 24.3 Å². The number of para-hydroxylation sites is 2. The lowest BCUT2D eigenvalue weighted by Gasteiger charge is -2.03. The summed E-state index contributed by atoms with van der Waals surface area (Å²) >= 11 is 0. The highest BCUT2D eigenvalue weighted by atomic mass is 19.1. The second-order valence-electron chi connectivity index (χ2n) is 5.62. The number of nitrogens with one attached hydrogen (secondary N) is 1. The average Bonchev–Trinajstić information content (AvgIpc) is 3.10. The van der Waals surface area contributed by atoms with Gasteiger partial charge in [-0.3, -0.25) is 0 Å². The Morgan fingerprint density at radius 2 is 1.79 bits per heavy atom. The third kappa shape index (κ3) is 6.90. The summed E-state index contributed by atoms with van der Waals surface area (Å²) in [6, 6.07) is 13.2. The third-order valence-electron chi connectivity index (χ3n) is 3.60. The fourth-order valence-electron chi connectivity index (χ4n) is 2.29. The van der Waals surface area contributed by atoms with Crippen LogP contribution in [0.5, 0.6) is 0 Å². The van der Waals surface area contributed by atoms with Gasteiger partial charge in [0.1, 0.15) is 19.0 Å². The Morgan fingerprint density at radius 1 is 1.10 bits per heavy atom. The van der Waals surface area contributed by atoms with Gasteiger partial charge in [-0.15, -0.1) is 0 Å². The molecule has 3 aromatic rings. The van der Waals surface area contributed by atoms with Crippen LogP contribution in [-0.4, -0.2) is 34.6 Å². The molecule has 2 N–H and O–H groups in total. The molecule has 0 atom stereocenters. The Kier molecular flexibility index (Phi) is 7.60. The number of halogens is 1. The zero-order valence-electron chi connectivity index (χ0n) is 15.1. The Hall–Kier alpha value is -4.01. The SMILES string of the molecule is O=C(OCC[n+]1c[nH]c2ccccc21)c1ccc(F)cc1.O=C([O-])/C=C\C(=O)O. The molecule has 0 saturated carbocycles. The monoisotopic (exact) mass is 400 g/mol. The van der Waals surface area contributed by atoms with Gasteiger partial charge in [-0.25, -0.2) is 23.5 Å². The summed E-state index contributed by atoms with van der Waals surface area (Å²) in [6.45, 7) is 0.805. The van der Waals surface area contributed by atoms with Gasteiger partial charge in [-0.05, 0) is 42.5 Å². The molecule has 0 saturated heterocycles. The number of hydrogen-bond acceptors (Lipinski definition) is 5. The van der Waals surface area contributed by atoms with Crippen LogP contribution in [0.1, 0.15) is 10.4 Å². The van der Waals surface area contributed by atoms with E-state index < -0.39 is 17.9 Å². The maximum atomic E-state index is 12.8. The highest BCUT2D eigenvalue weighted by molar-refractivity contribution is 5.89. The van der Waals surface area contributed by atoms with Gasteiger partial charge >= 0.3 is 11.9 Å². The molecule has 29 heavy (non-hydrogen) atoms. The van der Waals surface area contributed by atoms with E-state index in [1.165, 1.54) is 24.3 Å². The fourth-order valence-corrected chi connectivity index (χ4v) is 2.29. The molecule has 3 rings (SSSR count). The Morgan fingerprint density at radius 3 is 2.41 bits per heavy atom. The molecule has 1 heterocycles. The van der Waals surface area contributed by atoms with Gasteiger partial charge in [0.05, 0.1) is 11.5 Å². The first kappa shape index (κ1) is 21.3. The third-order valence-corrected chi connectivity index (χ3v) is 3.60. The fraction of sp³-hybridized carbons (Fsp3) is 0.100. The normalized spacial score (nSPS) is 10.4. The predicted molar refractivity (Wildman–Crippen MR) is 97.0 cm³/mol. The number of aromatic nitrogens is 2. The van der Waals surface area contributed by atoms with E-state index in [2.05, 4.69) is 4.98 Å². The highest BCUT2D eigenvalue weighted by Gasteiger charge is 2.11. The van der Waals surface area contributed by atoms with E-state index in [-0.39, 0.29) is 12.4 Å². The van der Waals surface area contributed by atoms with Crippen LogP contribution in [0.15, 0.2) is 67.0 Å². The van der Waals surface area contributed by atoms with Gasteiger partial charge in [-0.1, -0.05) is 12.1 Å². The average molecular weight is 400 g/mol. The molecular weight excluding hydrogens is 383 g/mol. The maximum Gasteiger partial charge on any atom is 0.338 e. The standard InChI is InChI=1S/C16H13FN2O2.C4H4O4/c17-13-7-5-12(6-8-13)16(20)21-10-9-19-11-18-14-3-1-2-4-15(14)19;5-3(6)1-2-4(7)8/h1-8,11H,9-10H2;1-2H,(H,5,6)(H,7,8)/b;2-1-. The lowest BCUT2D eigenvalue weighted by Crippen LogP contribution is -2.34. The number of imidazole rings is 1. The summed E-state index contributed by atoms with van der Waals surface area (Å²) in [5.74, 6) is -3.63.